The Balaban J connectivity index is 1.82. The third-order valence-electron chi connectivity index (χ3n) is 4.21. The number of anilines is 2. The molecule has 2 aromatic rings. The van der Waals surface area contributed by atoms with Crippen molar-refractivity contribution in [3.05, 3.63) is 62.1 Å². The molecule has 2 N–H and O–H groups in total. The number of nitrogens with zero attached hydrogens (tertiary/aromatic N) is 2. The zero-order valence-electron chi connectivity index (χ0n) is 15.0. The molecule has 0 unspecified atom stereocenters. The van der Waals surface area contributed by atoms with E-state index in [9.17, 15) is 14.9 Å². The lowest BCUT2D eigenvalue weighted by Gasteiger charge is -2.30. The smallest absolute Gasteiger partial charge is 0.270 e. The van der Waals surface area contributed by atoms with Crippen molar-refractivity contribution in [1.82, 2.24) is 5.32 Å². The topological polar surface area (TPSA) is 96.7 Å². The number of carbonyl (C=O) groups is 1. The van der Waals surface area contributed by atoms with Crippen molar-refractivity contribution in [3.63, 3.8) is 0 Å². The second-order valence-electron chi connectivity index (χ2n) is 6.07. The van der Waals surface area contributed by atoms with Gasteiger partial charge in [-0.25, -0.2) is 0 Å². The van der Waals surface area contributed by atoms with Gasteiger partial charge in [0.15, 0.2) is 5.11 Å². The van der Waals surface area contributed by atoms with Gasteiger partial charge in [-0.15, -0.1) is 0 Å². The van der Waals surface area contributed by atoms with Crippen molar-refractivity contribution in [2.45, 2.75) is 0 Å². The van der Waals surface area contributed by atoms with Gasteiger partial charge in [-0.3, -0.25) is 20.2 Å². The summed E-state index contributed by atoms with van der Waals surface area (Å²) in [6.07, 6.45) is 0. The Morgan fingerprint density at radius 1 is 1.21 bits per heavy atom. The highest BCUT2D eigenvalue weighted by atomic mass is 35.5. The van der Waals surface area contributed by atoms with Crippen LogP contribution in [0, 0.1) is 10.1 Å². The fourth-order valence-corrected chi connectivity index (χ4v) is 3.37. The molecular weight excluding hydrogens is 439 g/mol. The quantitative estimate of drug-likeness (QED) is 0.411. The van der Waals surface area contributed by atoms with Gasteiger partial charge in [0, 0.05) is 25.2 Å². The lowest BCUT2D eigenvalue weighted by Crippen LogP contribution is -2.39. The number of halogens is 2. The van der Waals surface area contributed by atoms with Crippen molar-refractivity contribution in [1.29, 1.82) is 0 Å². The fourth-order valence-electron chi connectivity index (χ4n) is 2.82. The summed E-state index contributed by atoms with van der Waals surface area (Å²) in [6.45, 7) is 2.15. The van der Waals surface area contributed by atoms with E-state index in [1.165, 1.54) is 12.1 Å². The number of thiocarbonyl (C=S) groups is 1. The van der Waals surface area contributed by atoms with Gasteiger partial charge in [0.1, 0.15) is 0 Å². The Bertz CT molecular complexity index is 967. The maximum Gasteiger partial charge on any atom is 0.270 e. The summed E-state index contributed by atoms with van der Waals surface area (Å²) in [6, 6.07) is 9.10. The molecule has 3 rings (SSSR count). The molecule has 0 spiro atoms. The minimum Gasteiger partial charge on any atom is -0.378 e. The summed E-state index contributed by atoms with van der Waals surface area (Å²) < 4.78 is 5.33. The van der Waals surface area contributed by atoms with E-state index in [-0.39, 0.29) is 21.4 Å². The van der Waals surface area contributed by atoms with E-state index >= 15 is 0 Å². The lowest BCUT2D eigenvalue weighted by atomic mass is 10.1. The predicted molar refractivity (Wildman–Crippen MR) is 116 cm³/mol. The normalized spacial score (nSPS) is 13.7. The predicted octanol–water partition coefficient (Wildman–Crippen LogP) is 3.87. The van der Waals surface area contributed by atoms with E-state index in [2.05, 4.69) is 10.6 Å². The molecular formula is C18H16Cl2N4O4S. The zero-order valence-corrected chi connectivity index (χ0v) is 17.3. The Morgan fingerprint density at radius 2 is 1.93 bits per heavy atom. The van der Waals surface area contributed by atoms with Gasteiger partial charge in [-0.05, 0) is 30.4 Å². The Kier molecular flexibility index (Phi) is 6.86. The fraction of sp³-hybridized carbons (Fsp3) is 0.222. The maximum absolute atomic E-state index is 12.9. The highest BCUT2D eigenvalue weighted by molar-refractivity contribution is 7.80. The van der Waals surface area contributed by atoms with Crippen molar-refractivity contribution in [2.75, 3.05) is 36.5 Å². The number of non-ortho nitro benzene ring substituents is 1. The first kappa shape index (κ1) is 21.3. The van der Waals surface area contributed by atoms with Crippen LogP contribution < -0.4 is 15.5 Å². The van der Waals surface area contributed by atoms with Gasteiger partial charge in [0.2, 0.25) is 0 Å². The molecule has 1 fully saturated rings. The molecule has 8 nitrogen and oxygen atoms in total. The standard InChI is InChI=1S/C18H16Cl2N4O4S/c19-13-2-1-3-14(16(13)20)21-18(29)22-17(25)12-10-11(24(26)27)4-5-15(12)23-6-8-28-9-7-23/h1-5,10H,6-9H2,(H2,21,22,25,29). The van der Waals surface area contributed by atoms with Crippen LogP contribution in [0.15, 0.2) is 36.4 Å². The molecule has 1 amide bonds. The number of amides is 1. The molecule has 2 aromatic carbocycles. The number of ether oxygens (including phenoxy) is 1. The van der Waals surface area contributed by atoms with Gasteiger partial charge in [0.05, 0.1) is 45.1 Å². The average Bonchev–Trinajstić information content (AvgIpc) is 2.71. The van der Waals surface area contributed by atoms with Gasteiger partial charge < -0.3 is 15.0 Å². The number of nitro benzene ring substituents is 1. The number of nitro groups is 1. The van der Waals surface area contributed by atoms with Gasteiger partial charge in [-0.1, -0.05) is 29.3 Å². The summed E-state index contributed by atoms with van der Waals surface area (Å²) >= 11 is 17.3. The van der Waals surface area contributed by atoms with E-state index in [1.807, 2.05) is 4.90 Å². The monoisotopic (exact) mass is 454 g/mol. The van der Waals surface area contributed by atoms with Crippen LogP contribution in [0.5, 0.6) is 0 Å². The lowest BCUT2D eigenvalue weighted by molar-refractivity contribution is -0.384. The average molecular weight is 455 g/mol. The van der Waals surface area contributed by atoms with Crippen molar-refractivity contribution in [3.8, 4) is 0 Å². The van der Waals surface area contributed by atoms with Crippen molar-refractivity contribution >= 4 is 63.5 Å². The summed E-state index contributed by atoms with van der Waals surface area (Å²) in [5, 5.41) is 17.1. The molecule has 0 aromatic heterocycles. The Hall–Kier alpha value is -2.46. The van der Waals surface area contributed by atoms with Crippen LogP contribution in [0.4, 0.5) is 17.1 Å². The van der Waals surface area contributed by atoms with Crippen LogP contribution in [0.3, 0.4) is 0 Å². The van der Waals surface area contributed by atoms with Crippen LogP contribution >= 0.6 is 35.4 Å². The van der Waals surface area contributed by atoms with Gasteiger partial charge >= 0.3 is 0 Å². The number of morpholine rings is 1. The van der Waals surface area contributed by atoms with Crippen LogP contribution in [0.1, 0.15) is 10.4 Å². The van der Waals surface area contributed by atoms with Gasteiger partial charge in [-0.2, -0.15) is 0 Å². The number of rotatable bonds is 4. The Morgan fingerprint density at radius 3 is 2.62 bits per heavy atom. The number of nitrogens with one attached hydrogen (secondary N) is 2. The molecule has 29 heavy (non-hydrogen) atoms. The van der Waals surface area contributed by atoms with Gasteiger partial charge in [0.25, 0.3) is 11.6 Å². The summed E-state index contributed by atoms with van der Waals surface area (Å²) in [5.41, 5.74) is 0.947. The number of hydrogen-bond acceptors (Lipinski definition) is 6. The van der Waals surface area contributed by atoms with Crippen molar-refractivity contribution < 1.29 is 14.5 Å². The number of benzene rings is 2. The maximum atomic E-state index is 12.9. The van der Waals surface area contributed by atoms with Crippen LogP contribution in [0.2, 0.25) is 10.0 Å². The summed E-state index contributed by atoms with van der Waals surface area (Å²) in [4.78, 5) is 25.4. The molecule has 0 saturated carbocycles. The summed E-state index contributed by atoms with van der Waals surface area (Å²) in [5.74, 6) is -0.578. The summed E-state index contributed by atoms with van der Waals surface area (Å²) in [7, 11) is 0. The highest BCUT2D eigenvalue weighted by Gasteiger charge is 2.22. The highest BCUT2D eigenvalue weighted by Crippen LogP contribution is 2.30. The minimum atomic E-state index is -0.578. The van der Waals surface area contributed by atoms with E-state index < -0.39 is 10.8 Å². The van der Waals surface area contributed by atoms with Crippen molar-refractivity contribution in [2.24, 2.45) is 0 Å². The molecule has 0 aliphatic carbocycles. The zero-order chi connectivity index (χ0) is 21.0. The van der Waals surface area contributed by atoms with E-state index in [1.54, 1.807) is 24.3 Å². The molecule has 1 saturated heterocycles. The first-order valence-corrected chi connectivity index (χ1v) is 9.70. The third kappa shape index (κ3) is 5.13. The molecule has 11 heteroatoms. The molecule has 0 bridgehead atoms. The molecule has 0 atom stereocenters. The number of hydrogen-bond donors (Lipinski definition) is 2. The first-order valence-electron chi connectivity index (χ1n) is 8.54. The van der Waals surface area contributed by atoms with Crippen LogP contribution in [0.25, 0.3) is 0 Å². The van der Waals surface area contributed by atoms with E-state index in [4.69, 9.17) is 40.2 Å². The minimum absolute atomic E-state index is 0.0152. The number of carbonyl (C=O) groups excluding carboxylic acids is 1. The largest absolute Gasteiger partial charge is 0.378 e. The van der Waals surface area contributed by atoms with Crippen LogP contribution in [-0.4, -0.2) is 42.2 Å². The van der Waals surface area contributed by atoms with E-state index in [0.717, 1.165) is 0 Å². The van der Waals surface area contributed by atoms with Crippen LogP contribution in [-0.2, 0) is 4.74 Å². The molecule has 1 aliphatic heterocycles. The Labute approximate surface area is 181 Å². The molecule has 1 heterocycles. The second kappa shape index (κ2) is 9.36. The second-order valence-corrected chi connectivity index (χ2v) is 7.26. The SMILES string of the molecule is O=C(NC(=S)Nc1cccc(Cl)c1Cl)c1cc([N+](=O)[O-])ccc1N1CCOCC1. The molecule has 1 aliphatic rings. The van der Waals surface area contributed by atoms with E-state index in [0.29, 0.717) is 42.7 Å². The first-order chi connectivity index (χ1) is 13.9. The molecule has 0 radical (unpaired) electrons. The third-order valence-corrected chi connectivity index (χ3v) is 5.24. The molecule has 152 valence electrons.